The van der Waals surface area contributed by atoms with Crippen LogP contribution in [0.3, 0.4) is 0 Å². The minimum Gasteiger partial charge on any atom is -0.493 e. The molecule has 1 atom stereocenters. The van der Waals surface area contributed by atoms with Crippen LogP contribution < -0.4 is 20.1 Å². The van der Waals surface area contributed by atoms with Gasteiger partial charge in [0, 0.05) is 31.7 Å². The third-order valence-corrected chi connectivity index (χ3v) is 5.44. The maximum atomic E-state index is 14.3. The summed E-state index contributed by atoms with van der Waals surface area (Å²) in [5, 5.41) is 5.80. The zero-order valence-corrected chi connectivity index (χ0v) is 17.8. The van der Waals surface area contributed by atoms with E-state index in [1.54, 1.807) is 26.4 Å². The number of nitrogens with one attached hydrogen (secondary N) is 2. The third kappa shape index (κ3) is 5.02. The predicted octanol–water partition coefficient (Wildman–Crippen LogP) is 3.65. The number of hydrogen-bond donors (Lipinski definition) is 2. The number of urea groups is 1. The van der Waals surface area contributed by atoms with Gasteiger partial charge in [-0.05, 0) is 42.2 Å². The van der Waals surface area contributed by atoms with Crippen LogP contribution in [0.15, 0.2) is 36.4 Å². The fourth-order valence-corrected chi connectivity index (χ4v) is 3.84. The molecule has 2 aromatic rings. The first-order valence-electron chi connectivity index (χ1n) is 10.3. The Bertz CT molecular complexity index is 875. The Kier molecular flexibility index (Phi) is 7.52. The Balaban J connectivity index is 1.89. The summed E-state index contributed by atoms with van der Waals surface area (Å²) in [4.78, 5) is 14.4. The Labute approximate surface area is 177 Å². The normalized spacial score (nSPS) is 15.9. The number of amides is 2. The topological polar surface area (TPSA) is 62.8 Å². The van der Waals surface area contributed by atoms with Gasteiger partial charge in [-0.15, -0.1) is 0 Å². The summed E-state index contributed by atoms with van der Waals surface area (Å²) in [6.07, 6.45) is 1.68. The summed E-state index contributed by atoms with van der Waals surface area (Å²) in [7, 11) is 3.23. The van der Waals surface area contributed by atoms with Crippen LogP contribution in [-0.2, 0) is 13.0 Å². The Morgan fingerprint density at radius 1 is 1.17 bits per heavy atom. The van der Waals surface area contributed by atoms with E-state index in [0.717, 1.165) is 30.5 Å². The maximum absolute atomic E-state index is 14.3. The van der Waals surface area contributed by atoms with E-state index in [2.05, 4.69) is 15.5 Å². The van der Waals surface area contributed by atoms with Gasteiger partial charge in [0.05, 0.1) is 20.3 Å². The minimum atomic E-state index is -0.219. The Morgan fingerprint density at radius 3 is 2.60 bits per heavy atom. The number of carbonyl (C=O) groups is 1. The molecule has 30 heavy (non-hydrogen) atoms. The first kappa shape index (κ1) is 21.9. The third-order valence-electron chi connectivity index (χ3n) is 5.44. The number of methoxy groups -OCH3 is 2. The van der Waals surface area contributed by atoms with Crippen molar-refractivity contribution >= 4 is 6.03 Å². The lowest BCUT2D eigenvalue weighted by atomic mass is 9.91. The van der Waals surface area contributed by atoms with E-state index in [0.29, 0.717) is 36.7 Å². The van der Waals surface area contributed by atoms with Crippen molar-refractivity contribution in [2.75, 3.05) is 33.9 Å². The minimum absolute atomic E-state index is 0.111. The highest BCUT2D eigenvalue weighted by molar-refractivity contribution is 5.73. The largest absolute Gasteiger partial charge is 0.493 e. The standard InChI is InChI=1S/C23H30FN3O3/c1-4-10-25-23(28)26-14-20-18-13-22(30-3)21(29-2)12-16(18)9-11-27(20)15-17-7-5-6-8-19(17)24/h5-8,12-13,20H,4,9-11,14-15H2,1-3H3,(H2,25,26,28)/t20-/m1/s1. The quantitative estimate of drug-likeness (QED) is 0.691. The fourth-order valence-electron chi connectivity index (χ4n) is 3.84. The molecule has 0 unspecified atom stereocenters. The zero-order chi connectivity index (χ0) is 21.5. The molecular weight excluding hydrogens is 385 g/mol. The van der Waals surface area contributed by atoms with Crippen molar-refractivity contribution in [3.63, 3.8) is 0 Å². The Hall–Kier alpha value is -2.80. The molecule has 0 bridgehead atoms. The van der Waals surface area contributed by atoms with Gasteiger partial charge in [-0.2, -0.15) is 0 Å². The predicted molar refractivity (Wildman–Crippen MR) is 114 cm³/mol. The van der Waals surface area contributed by atoms with Crippen LogP contribution in [-0.4, -0.2) is 44.8 Å². The molecule has 1 aliphatic heterocycles. The van der Waals surface area contributed by atoms with E-state index in [-0.39, 0.29) is 17.9 Å². The molecule has 3 rings (SSSR count). The van der Waals surface area contributed by atoms with Crippen molar-refractivity contribution in [1.29, 1.82) is 0 Å². The molecule has 7 heteroatoms. The second-order valence-electron chi connectivity index (χ2n) is 7.37. The van der Waals surface area contributed by atoms with Gasteiger partial charge in [0.15, 0.2) is 11.5 Å². The highest BCUT2D eigenvalue weighted by atomic mass is 19.1. The molecule has 0 spiro atoms. The summed E-state index contributed by atoms with van der Waals surface area (Å²) in [5.41, 5.74) is 2.85. The highest BCUT2D eigenvalue weighted by Crippen LogP contribution is 2.38. The van der Waals surface area contributed by atoms with E-state index in [1.807, 2.05) is 25.1 Å². The van der Waals surface area contributed by atoms with Gasteiger partial charge in [-0.25, -0.2) is 9.18 Å². The number of carbonyl (C=O) groups excluding carboxylic acids is 1. The molecule has 0 aliphatic carbocycles. The number of fused-ring (bicyclic) bond motifs is 1. The molecule has 0 radical (unpaired) electrons. The van der Waals surface area contributed by atoms with Crippen molar-refractivity contribution < 1.29 is 18.7 Å². The summed E-state index contributed by atoms with van der Waals surface area (Å²) in [6, 6.07) is 10.5. The van der Waals surface area contributed by atoms with E-state index in [1.165, 1.54) is 6.07 Å². The van der Waals surface area contributed by atoms with Crippen molar-refractivity contribution in [2.45, 2.75) is 32.4 Å². The lowest BCUT2D eigenvalue weighted by Crippen LogP contribution is -2.44. The van der Waals surface area contributed by atoms with Gasteiger partial charge in [0.1, 0.15) is 5.82 Å². The number of benzene rings is 2. The number of halogens is 1. The maximum Gasteiger partial charge on any atom is 0.314 e. The van der Waals surface area contributed by atoms with Crippen molar-refractivity contribution in [3.05, 3.63) is 58.9 Å². The molecule has 162 valence electrons. The summed E-state index contributed by atoms with van der Waals surface area (Å²) in [6.45, 7) is 4.25. The number of nitrogens with zero attached hydrogens (tertiary/aromatic N) is 1. The smallest absolute Gasteiger partial charge is 0.314 e. The zero-order valence-electron chi connectivity index (χ0n) is 17.8. The molecule has 0 saturated heterocycles. The molecule has 0 aromatic heterocycles. The average Bonchev–Trinajstić information content (AvgIpc) is 2.77. The van der Waals surface area contributed by atoms with Crippen molar-refractivity contribution in [2.24, 2.45) is 0 Å². The van der Waals surface area contributed by atoms with E-state index in [9.17, 15) is 9.18 Å². The van der Waals surface area contributed by atoms with E-state index < -0.39 is 0 Å². The van der Waals surface area contributed by atoms with Crippen LogP contribution in [0.25, 0.3) is 0 Å². The fraction of sp³-hybridized carbons (Fsp3) is 0.435. The number of ether oxygens (including phenoxy) is 2. The molecule has 2 N–H and O–H groups in total. The SMILES string of the molecule is CCCNC(=O)NC[C@@H]1c2cc(OC)c(OC)cc2CCN1Cc1ccccc1F. The molecule has 1 heterocycles. The van der Waals surface area contributed by atoms with Crippen LogP contribution in [0.4, 0.5) is 9.18 Å². The van der Waals surface area contributed by atoms with Crippen LogP contribution in [0.1, 0.15) is 36.1 Å². The summed E-state index contributed by atoms with van der Waals surface area (Å²) in [5.74, 6) is 1.11. The lowest BCUT2D eigenvalue weighted by molar-refractivity contribution is 0.169. The number of rotatable bonds is 8. The van der Waals surface area contributed by atoms with Gasteiger partial charge in [-0.1, -0.05) is 25.1 Å². The summed E-state index contributed by atoms with van der Waals surface area (Å²) < 4.78 is 25.2. The first-order chi connectivity index (χ1) is 14.6. The second-order valence-corrected chi connectivity index (χ2v) is 7.37. The van der Waals surface area contributed by atoms with Crippen LogP contribution in [0, 0.1) is 5.82 Å². The average molecular weight is 416 g/mol. The molecule has 2 aromatic carbocycles. The number of hydrogen-bond acceptors (Lipinski definition) is 4. The van der Waals surface area contributed by atoms with Gasteiger partial charge in [0.25, 0.3) is 0 Å². The van der Waals surface area contributed by atoms with Gasteiger partial charge >= 0.3 is 6.03 Å². The lowest BCUT2D eigenvalue weighted by Gasteiger charge is -2.38. The van der Waals surface area contributed by atoms with Gasteiger partial charge in [-0.3, -0.25) is 4.90 Å². The monoisotopic (exact) mass is 415 g/mol. The first-order valence-corrected chi connectivity index (χ1v) is 10.3. The van der Waals surface area contributed by atoms with Gasteiger partial charge in [0.2, 0.25) is 0 Å². The van der Waals surface area contributed by atoms with Crippen molar-refractivity contribution in [1.82, 2.24) is 15.5 Å². The summed E-state index contributed by atoms with van der Waals surface area (Å²) >= 11 is 0. The van der Waals surface area contributed by atoms with Crippen molar-refractivity contribution in [3.8, 4) is 11.5 Å². The van der Waals surface area contributed by atoms with Crippen LogP contribution in [0.5, 0.6) is 11.5 Å². The van der Waals surface area contributed by atoms with Crippen LogP contribution in [0.2, 0.25) is 0 Å². The van der Waals surface area contributed by atoms with E-state index in [4.69, 9.17) is 9.47 Å². The molecule has 2 amide bonds. The molecule has 0 fully saturated rings. The molecule has 6 nitrogen and oxygen atoms in total. The Morgan fingerprint density at radius 2 is 1.90 bits per heavy atom. The van der Waals surface area contributed by atoms with Crippen LogP contribution >= 0.6 is 0 Å². The highest BCUT2D eigenvalue weighted by Gasteiger charge is 2.30. The molecule has 0 saturated carbocycles. The second kappa shape index (κ2) is 10.3. The molecule has 1 aliphatic rings. The van der Waals surface area contributed by atoms with E-state index >= 15 is 0 Å². The van der Waals surface area contributed by atoms with Gasteiger partial charge < -0.3 is 20.1 Å². The molecular formula is C23H30FN3O3.